The fraction of sp³-hybridized carbons (Fsp3) is 0.375. The highest BCUT2D eigenvalue weighted by Gasteiger charge is 2.23. The van der Waals surface area contributed by atoms with Crippen molar-refractivity contribution in [2.24, 2.45) is 0 Å². The van der Waals surface area contributed by atoms with E-state index >= 15 is 0 Å². The molecule has 1 aromatic carbocycles. The van der Waals surface area contributed by atoms with Crippen molar-refractivity contribution in [3.8, 4) is 11.5 Å². The van der Waals surface area contributed by atoms with Crippen LogP contribution in [0.1, 0.15) is 34.9 Å². The fourth-order valence-corrected chi connectivity index (χ4v) is 4.48. The van der Waals surface area contributed by atoms with Crippen LogP contribution in [-0.2, 0) is 13.0 Å². The highest BCUT2D eigenvalue weighted by atomic mass is 35.5. The first-order valence-electron chi connectivity index (χ1n) is 7.20. The second-order valence-corrected chi connectivity index (χ2v) is 7.17. The molecular formula is C16H16ClNO2S. The van der Waals surface area contributed by atoms with E-state index in [2.05, 4.69) is 17.4 Å². The molecular weight excluding hydrogens is 306 g/mol. The van der Waals surface area contributed by atoms with Gasteiger partial charge in [0.25, 0.3) is 0 Å². The molecule has 4 rings (SSSR count). The van der Waals surface area contributed by atoms with Crippen molar-refractivity contribution in [2.45, 2.75) is 31.8 Å². The van der Waals surface area contributed by atoms with Gasteiger partial charge in [-0.15, -0.1) is 11.3 Å². The fourth-order valence-electron chi connectivity index (χ4n) is 3.10. The van der Waals surface area contributed by atoms with E-state index < -0.39 is 0 Å². The van der Waals surface area contributed by atoms with Gasteiger partial charge in [-0.2, -0.15) is 0 Å². The van der Waals surface area contributed by atoms with Crippen LogP contribution in [0.2, 0.25) is 4.34 Å². The first-order valence-corrected chi connectivity index (χ1v) is 8.39. The number of aryl methyl sites for hydroxylation is 1. The summed E-state index contributed by atoms with van der Waals surface area (Å²) in [6, 6.07) is 8.55. The van der Waals surface area contributed by atoms with Gasteiger partial charge in [0.05, 0.1) is 4.34 Å². The van der Waals surface area contributed by atoms with Gasteiger partial charge in [0.2, 0.25) is 6.79 Å². The molecule has 110 valence electrons. The topological polar surface area (TPSA) is 30.5 Å². The zero-order valence-electron chi connectivity index (χ0n) is 11.5. The minimum Gasteiger partial charge on any atom is -0.454 e. The van der Waals surface area contributed by atoms with Crippen LogP contribution in [0.3, 0.4) is 0 Å². The predicted molar refractivity (Wildman–Crippen MR) is 84.4 cm³/mol. The van der Waals surface area contributed by atoms with Crippen LogP contribution in [0.15, 0.2) is 24.3 Å². The van der Waals surface area contributed by atoms with Crippen molar-refractivity contribution in [3.63, 3.8) is 0 Å². The van der Waals surface area contributed by atoms with Crippen molar-refractivity contribution in [2.75, 3.05) is 6.79 Å². The van der Waals surface area contributed by atoms with E-state index in [1.54, 1.807) is 11.3 Å². The number of hydrogen-bond donors (Lipinski definition) is 1. The van der Waals surface area contributed by atoms with Crippen LogP contribution in [0.25, 0.3) is 0 Å². The average molecular weight is 322 g/mol. The maximum Gasteiger partial charge on any atom is 0.231 e. The normalized spacial score (nSPS) is 19.6. The van der Waals surface area contributed by atoms with Crippen LogP contribution >= 0.6 is 22.9 Å². The van der Waals surface area contributed by atoms with E-state index in [0.717, 1.165) is 40.8 Å². The number of benzene rings is 1. The Morgan fingerprint density at radius 2 is 2.29 bits per heavy atom. The number of fused-ring (bicyclic) bond motifs is 2. The van der Waals surface area contributed by atoms with E-state index in [1.165, 1.54) is 16.9 Å². The largest absolute Gasteiger partial charge is 0.454 e. The van der Waals surface area contributed by atoms with Crippen molar-refractivity contribution < 1.29 is 9.47 Å². The maximum atomic E-state index is 6.16. The Kier molecular flexibility index (Phi) is 3.53. The molecule has 21 heavy (non-hydrogen) atoms. The molecule has 2 aromatic rings. The minimum atomic E-state index is 0.320. The quantitative estimate of drug-likeness (QED) is 0.914. The maximum absolute atomic E-state index is 6.16. The Morgan fingerprint density at radius 1 is 1.33 bits per heavy atom. The molecule has 1 atom stereocenters. The zero-order valence-corrected chi connectivity index (χ0v) is 13.1. The standard InChI is InChI=1S/C16H16ClNO2S/c17-15-7-11-12(4-2-6-14(11)21-15)18-8-10-3-1-5-13-16(10)20-9-19-13/h1,3,5,7,12,18H,2,4,6,8-9H2. The molecule has 1 aliphatic heterocycles. The van der Waals surface area contributed by atoms with E-state index in [4.69, 9.17) is 21.1 Å². The van der Waals surface area contributed by atoms with Crippen LogP contribution in [0.5, 0.6) is 11.5 Å². The van der Waals surface area contributed by atoms with Crippen LogP contribution in [0.4, 0.5) is 0 Å². The van der Waals surface area contributed by atoms with Crippen LogP contribution in [-0.4, -0.2) is 6.79 Å². The minimum absolute atomic E-state index is 0.320. The molecule has 2 aliphatic rings. The molecule has 2 heterocycles. The third kappa shape index (κ3) is 2.52. The molecule has 0 fully saturated rings. The average Bonchev–Trinajstić information content (AvgIpc) is 3.10. The third-order valence-corrected chi connectivity index (χ3v) is 5.44. The monoisotopic (exact) mass is 321 g/mol. The smallest absolute Gasteiger partial charge is 0.231 e. The van der Waals surface area contributed by atoms with Crippen molar-refractivity contribution in [3.05, 3.63) is 44.6 Å². The predicted octanol–water partition coefficient (Wildman–Crippen LogP) is 4.30. The number of thiophene rings is 1. The van der Waals surface area contributed by atoms with Crippen LogP contribution < -0.4 is 14.8 Å². The first-order chi connectivity index (χ1) is 10.3. The van der Waals surface area contributed by atoms with Gasteiger partial charge in [0, 0.05) is 23.0 Å². The zero-order chi connectivity index (χ0) is 14.2. The SMILES string of the molecule is Clc1cc2c(s1)CCCC2NCc1cccc2c1OCO2. The summed E-state index contributed by atoms with van der Waals surface area (Å²) in [4.78, 5) is 1.43. The number of rotatable bonds is 3. The lowest BCUT2D eigenvalue weighted by Crippen LogP contribution is -2.24. The Bertz CT molecular complexity index is 670. The number of nitrogens with one attached hydrogen (secondary N) is 1. The van der Waals surface area contributed by atoms with Gasteiger partial charge < -0.3 is 14.8 Å². The van der Waals surface area contributed by atoms with Gasteiger partial charge >= 0.3 is 0 Å². The molecule has 0 saturated heterocycles. The number of para-hydroxylation sites is 1. The van der Waals surface area contributed by atoms with Gasteiger partial charge in [0.15, 0.2) is 11.5 Å². The summed E-state index contributed by atoms with van der Waals surface area (Å²) in [7, 11) is 0. The summed E-state index contributed by atoms with van der Waals surface area (Å²) in [5, 5.41) is 3.65. The Hall–Kier alpha value is -1.23. The first kappa shape index (κ1) is 13.4. The highest BCUT2D eigenvalue weighted by molar-refractivity contribution is 7.16. The van der Waals surface area contributed by atoms with Crippen LogP contribution in [0, 0.1) is 0 Å². The summed E-state index contributed by atoms with van der Waals surface area (Å²) < 4.78 is 11.9. The van der Waals surface area contributed by atoms with E-state index in [1.807, 2.05) is 12.1 Å². The summed E-state index contributed by atoms with van der Waals surface area (Å²) in [5.74, 6) is 1.72. The Balaban J connectivity index is 1.52. The molecule has 1 unspecified atom stereocenters. The lowest BCUT2D eigenvalue weighted by molar-refractivity contribution is 0.173. The summed E-state index contributed by atoms with van der Waals surface area (Å²) >= 11 is 7.88. The second-order valence-electron chi connectivity index (χ2n) is 5.41. The number of hydrogen-bond acceptors (Lipinski definition) is 4. The molecule has 0 saturated carbocycles. The van der Waals surface area contributed by atoms with E-state index in [-0.39, 0.29) is 0 Å². The summed E-state index contributed by atoms with van der Waals surface area (Å²) in [5.41, 5.74) is 2.53. The van der Waals surface area contributed by atoms with E-state index in [0.29, 0.717) is 12.8 Å². The molecule has 1 aromatic heterocycles. The lowest BCUT2D eigenvalue weighted by atomic mass is 9.94. The molecule has 3 nitrogen and oxygen atoms in total. The molecule has 0 amide bonds. The molecule has 1 aliphatic carbocycles. The Morgan fingerprint density at radius 3 is 3.24 bits per heavy atom. The second kappa shape index (κ2) is 5.52. The molecule has 1 N–H and O–H groups in total. The van der Waals surface area contributed by atoms with Gasteiger partial charge in [0.1, 0.15) is 0 Å². The molecule has 5 heteroatoms. The van der Waals surface area contributed by atoms with E-state index in [9.17, 15) is 0 Å². The van der Waals surface area contributed by atoms with Crippen molar-refractivity contribution >= 4 is 22.9 Å². The Labute approximate surface area is 132 Å². The summed E-state index contributed by atoms with van der Waals surface area (Å²) in [6.07, 6.45) is 3.53. The molecule has 0 spiro atoms. The molecule has 0 bridgehead atoms. The van der Waals surface area contributed by atoms with Crippen molar-refractivity contribution in [1.29, 1.82) is 0 Å². The third-order valence-electron chi connectivity index (χ3n) is 4.10. The van der Waals surface area contributed by atoms with Crippen molar-refractivity contribution in [1.82, 2.24) is 5.32 Å². The number of ether oxygens (including phenoxy) is 2. The van der Waals surface area contributed by atoms with Gasteiger partial charge in [-0.25, -0.2) is 0 Å². The number of halogens is 1. The van der Waals surface area contributed by atoms with Gasteiger partial charge in [-0.3, -0.25) is 0 Å². The molecule has 0 radical (unpaired) electrons. The van der Waals surface area contributed by atoms with Gasteiger partial charge in [-0.05, 0) is 37.0 Å². The lowest BCUT2D eigenvalue weighted by Gasteiger charge is -2.24. The summed E-state index contributed by atoms with van der Waals surface area (Å²) in [6.45, 7) is 1.10. The van der Waals surface area contributed by atoms with Gasteiger partial charge in [-0.1, -0.05) is 23.7 Å². The highest BCUT2D eigenvalue weighted by Crippen LogP contribution is 2.39.